The first kappa shape index (κ1) is 30.6. The molecule has 3 atom stereocenters. The van der Waals surface area contributed by atoms with Crippen LogP contribution in [0, 0.1) is 5.82 Å². The minimum Gasteiger partial charge on any atom is -0.496 e. The minimum absolute atomic E-state index is 0.00991. The summed E-state index contributed by atoms with van der Waals surface area (Å²) in [6.07, 6.45) is 4.58. The Hall–Kier alpha value is -2.89. The van der Waals surface area contributed by atoms with Crippen molar-refractivity contribution in [2.24, 2.45) is 0 Å². The number of aryl methyl sites for hydroxylation is 1. The van der Waals surface area contributed by atoms with Gasteiger partial charge in [0, 0.05) is 43.3 Å². The lowest BCUT2D eigenvalue weighted by molar-refractivity contribution is -0.149. The summed E-state index contributed by atoms with van der Waals surface area (Å²) in [4.78, 5) is 18.6. The van der Waals surface area contributed by atoms with Crippen molar-refractivity contribution in [2.75, 3.05) is 32.1 Å². The highest BCUT2D eigenvalue weighted by Gasteiger charge is 2.49. The molecule has 0 spiro atoms. The number of unbranched alkanes of at least 4 members (excludes halogenated alkanes) is 1. The number of nitrogens with zero attached hydrogens (tertiary/aromatic N) is 2. The number of fused-ring (bicyclic) bond motifs is 1. The zero-order valence-corrected chi connectivity index (χ0v) is 24.0. The van der Waals surface area contributed by atoms with E-state index in [0.717, 1.165) is 54.7 Å². The number of nitrogens with one attached hydrogen (secondary N) is 1. The predicted octanol–water partition coefficient (Wildman–Crippen LogP) is 5.88. The summed E-state index contributed by atoms with van der Waals surface area (Å²) in [6, 6.07) is 3.05. The maximum Gasteiger partial charge on any atom is 0.325 e. The molecule has 0 amide bonds. The third-order valence-corrected chi connectivity index (χ3v) is 8.51. The molecule has 4 heterocycles. The number of ether oxygens (including phenoxy) is 3. The maximum atomic E-state index is 15.7. The average molecular weight is 592 g/mol. The van der Waals surface area contributed by atoms with Crippen LogP contribution in [0.4, 0.5) is 19.0 Å². The first-order chi connectivity index (χ1) is 20.3. The predicted molar refractivity (Wildman–Crippen MR) is 150 cm³/mol. The van der Waals surface area contributed by atoms with Gasteiger partial charge in [0.05, 0.1) is 19.8 Å². The van der Waals surface area contributed by atoms with Crippen LogP contribution in [0.15, 0.2) is 24.3 Å². The molecule has 11 heteroatoms. The minimum atomic E-state index is -3.12. The molecule has 1 unspecified atom stereocenters. The Bertz CT molecular complexity index is 1220. The van der Waals surface area contributed by atoms with Crippen molar-refractivity contribution in [3.8, 4) is 5.75 Å². The fourth-order valence-corrected chi connectivity index (χ4v) is 6.42. The molecule has 42 heavy (non-hydrogen) atoms. The van der Waals surface area contributed by atoms with Gasteiger partial charge in [0.2, 0.25) is 0 Å². The highest BCUT2D eigenvalue weighted by atomic mass is 19.3. The van der Waals surface area contributed by atoms with Crippen LogP contribution in [-0.4, -0.2) is 66.0 Å². The zero-order valence-electron chi connectivity index (χ0n) is 24.0. The van der Waals surface area contributed by atoms with Gasteiger partial charge in [0.15, 0.2) is 6.29 Å². The van der Waals surface area contributed by atoms with E-state index in [1.165, 1.54) is 17.0 Å². The second-order valence-electron chi connectivity index (χ2n) is 11.4. The van der Waals surface area contributed by atoms with E-state index < -0.39 is 36.1 Å². The summed E-state index contributed by atoms with van der Waals surface area (Å²) in [5.41, 5.74) is 2.44. The largest absolute Gasteiger partial charge is 0.496 e. The summed E-state index contributed by atoms with van der Waals surface area (Å²) in [6.45, 7) is 1.62. The summed E-state index contributed by atoms with van der Waals surface area (Å²) in [5.74, 6) is -3.45. The van der Waals surface area contributed by atoms with Crippen molar-refractivity contribution in [1.29, 1.82) is 0 Å². The molecule has 8 nitrogen and oxygen atoms in total. The van der Waals surface area contributed by atoms with Crippen molar-refractivity contribution >= 4 is 11.8 Å². The number of hydrogen-bond acceptors (Lipinski definition) is 7. The van der Waals surface area contributed by atoms with Crippen molar-refractivity contribution in [1.82, 2.24) is 9.88 Å². The molecule has 1 aromatic heterocycles. The fourth-order valence-electron chi connectivity index (χ4n) is 6.42. The van der Waals surface area contributed by atoms with Gasteiger partial charge < -0.3 is 24.6 Å². The number of anilines is 1. The van der Waals surface area contributed by atoms with Crippen molar-refractivity contribution < 1.29 is 37.3 Å². The molecule has 230 valence electrons. The molecular formula is C31H40F3N3O5. The smallest absolute Gasteiger partial charge is 0.325 e. The molecule has 2 N–H and O–H groups in total. The fraction of sp³-hybridized carbons (Fsp3) is 0.613. The Balaban J connectivity index is 1.25. The number of alkyl halides is 2. The van der Waals surface area contributed by atoms with Crippen LogP contribution in [0.2, 0.25) is 0 Å². The number of rotatable bonds is 13. The quantitative estimate of drug-likeness (QED) is 0.279. The summed E-state index contributed by atoms with van der Waals surface area (Å²) >= 11 is 0. The molecule has 2 saturated heterocycles. The lowest BCUT2D eigenvalue weighted by atomic mass is 9.95. The average Bonchev–Trinajstić information content (AvgIpc) is 3.68. The number of carboxylic acids is 1. The first-order valence-electron chi connectivity index (χ1n) is 15.0. The number of likely N-dealkylation sites (tertiary alicyclic amines) is 1. The Labute approximate surface area is 244 Å². The zero-order chi connectivity index (χ0) is 29.7. The molecule has 1 aromatic carbocycles. The van der Waals surface area contributed by atoms with E-state index in [1.54, 1.807) is 7.11 Å². The number of carbonyl (C=O) groups is 1. The molecule has 2 fully saturated rings. The number of aliphatic carboxylic acids is 1. The maximum absolute atomic E-state index is 15.7. The van der Waals surface area contributed by atoms with E-state index in [4.69, 9.17) is 14.2 Å². The summed E-state index contributed by atoms with van der Waals surface area (Å²) in [5, 5.41) is 13.5. The van der Waals surface area contributed by atoms with E-state index in [1.807, 2.05) is 6.07 Å². The van der Waals surface area contributed by atoms with Crippen LogP contribution in [0.1, 0.15) is 79.8 Å². The number of aromatic nitrogens is 1. The van der Waals surface area contributed by atoms with Gasteiger partial charge in [-0.05, 0) is 81.2 Å². The monoisotopic (exact) mass is 591 g/mol. The molecule has 5 rings (SSSR count). The molecule has 3 aliphatic heterocycles. The SMILES string of the molecule is COc1cc(CCCCC(F)(F)[C@H]2CCCN2C(C(=O)O)c2cc(F)ccc2CO[C@H]2CCCO2)nc2c1CCCN2. The van der Waals surface area contributed by atoms with Gasteiger partial charge in [-0.1, -0.05) is 6.07 Å². The van der Waals surface area contributed by atoms with Gasteiger partial charge in [-0.2, -0.15) is 0 Å². The lowest BCUT2D eigenvalue weighted by Crippen LogP contribution is -2.47. The number of hydrogen-bond donors (Lipinski definition) is 2. The number of methoxy groups -OCH3 is 1. The normalized spacial score (nSPS) is 21.6. The van der Waals surface area contributed by atoms with Crippen molar-refractivity contribution in [3.05, 3.63) is 52.5 Å². The Morgan fingerprint density at radius 3 is 2.86 bits per heavy atom. The molecular weight excluding hydrogens is 551 g/mol. The first-order valence-corrected chi connectivity index (χ1v) is 15.0. The van der Waals surface area contributed by atoms with Crippen LogP contribution >= 0.6 is 0 Å². The van der Waals surface area contributed by atoms with Gasteiger partial charge in [-0.25, -0.2) is 18.2 Å². The van der Waals surface area contributed by atoms with Crippen LogP contribution < -0.4 is 10.1 Å². The Morgan fingerprint density at radius 2 is 2.10 bits per heavy atom. The topological polar surface area (TPSA) is 93.2 Å². The number of pyridine rings is 1. The lowest BCUT2D eigenvalue weighted by Gasteiger charge is -2.36. The Kier molecular flexibility index (Phi) is 9.90. The number of carboxylic acid groups (broad SMARTS) is 1. The molecule has 0 aliphatic carbocycles. The third kappa shape index (κ3) is 7.01. The van der Waals surface area contributed by atoms with Gasteiger partial charge in [-0.15, -0.1) is 0 Å². The summed E-state index contributed by atoms with van der Waals surface area (Å²) < 4.78 is 62.6. The second kappa shape index (κ2) is 13.6. The third-order valence-electron chi connectivity index (χ3n) is 8.51. The van der Waals surface area contributed by atoms with E-state index >= 15 is 8.78 Å². The van der Waals surface area contributed by atoms with Gasteiger partial charge in [0.25, 0.3) is 5.92 Å². The molecule has 0 bridgehead atoms. The number of benzene rings is 1. The van der Waals surface area contributed by atoms with Gasteiger partial charge >= 0.3 is 5.97 Å². The Morgan fingerprint density at radius 1 is 1.24 bits per heavy atom. The molecule has 3 aliphatic rings. The van der Waals surface area contributed by atoms with Crippen LogP contribution in [-0.2, 0) is 33.7 Å². The number of halogens is 3. The second-order valence-corrected chi connectivity index (χ2v) is 11.4. The van der Waals surface area contributed by atoms with E-state index in [-0.39, 0.29) is 38.0 Å². The van der Waals surface area contributed by atoms with Gasteiger partial charge in [-0.3, -0.25) is 9.69 Å². The molecule has 0 radical (unpaired) electrons. The van der Waals surface area contributed by atoms with Gasteiger partial charge in [0.1, 0.15) is 23.4 Å². The van der Waals surface area contributed by atoms with Crippen LogP contribution in [0.5, 0.6) is 5.75 Å². The van der Waals surface area contributed by atoms with E-state index in [9.17, 15) is 14.3 Å². The van der Waals surface area contributed by atoms with Crippen LogP contribution in [0.3, 0.4) is 0 Å². The van der Waals surface area contributed by atoms with Crippen LogP contribution in [0.25, 0.3) is 0 Å². The standard InChI is InChI=1S/C31H40F3N3O5/c1-40-25-18-22(36-29-23(25)8-4-14-35-29)7-2-3-13-31(33,34)26-9-5-15-37(26)28(30(38)39)24-17-21(32)12-11-20(24)19-42-27-10-6-16-41-27/h11-12,17-18,26-28H,2-10,13-16,19H2,1H3,(H,35,36)(H,38,39)/t26-,27+,28?/m1/s1. The van der Waals surface area contributed by atoms with E-state index in [2.05, 4.69) is 10.3 Å². The highest BCUT2D eigenvalue weighted by molar-refractivity contribution is 5.76. The molecule has 0 saturated carbocycles. The van der Waals surface area contributed by atoms with Crippen molar-refractivity contribution in [3.63, 3.8) is 0 Å². The van der Waals surface area contributed by atoms with E-state index in [0.29, 0.717) is 37.9 Å². The summed E-state index contributed by atoms with van der Waals surface area (Å²) in [7, 11) is 1.62. The highest BCUT2D eigenvalue weighted by Crippen LogP contribution is 2.41. The van der Waals surface area contributed by atoms with Crippen molar-refractivity contribution in [2.45, 2.75) is 95.1 Å². The molecule has 2 aromatic rings.